The van der Waals surface area contributed by atoms with Crippen molar-refractivity contribution in [2.24, 2.45) is 0 Å². The molecule has 3 aromatic rings. The van der Waals surface area contributed by atoms with E-state index in [4.69, 9.17) is 5.11 Å². The van der Waals surface area contributed by atoms with Gasteiger partial charge in [0.05, 0.1) is 30.3 Å². The molecule has 2 atom stereocenters. The van der Waals surface area contributed by atoms with Crippen LogP contribution in [-0.2, 0) is 4.79 Å². The van der Waals surface area contributed by atoms with Crippen LogP contribution in [0.25, 0.3) is 10.2 Å². The standard InChI is InChI=1S/C17H12N4O6S3/c22-16(23)11-7-28-15(18-11)8-1-4-13(12(5-8)21(26)27)29-17-19-10-3-2-9(20(24)25)6-14(10)30-17/h1-6,11,15,18H,7H2,(H,22,23)/t11-,15+/m1/s1. The fourth-order valence-corrected chi connectivity index (χ4v) is 6.24. The summed E-state index contributed by atoms with van der Waals surface area (Å²) in [5, 5.41) is 34.3. The molecule has 0 radical (unpaired) electrons. The van der Waals surface area contributed by atoms with Gasteiger partial charge in [-0.3, -0.25) is 30.3 Å². The molecule has 13 heteroatoms. The molecular weight excluding hydrogens is 452 g/mol. The van der Waals surface area contributed by atoms with Crippen LogP contribution in [0.15, 0.2) is 45.6 Å². The van der Waals surface area contributed by atoms with E-state index in [1.165, 1.54) is 41.3 Å². The largest absolute Gasteiger partial charge is 0.480 e. The highest BCUT2D eigenvalue weighted by atomic mass is 32.2. The van der Waals surface area contributed by atoms with Crippen LogP contribution >= 0.6 is 34.9 Å². The van der Waals surface area contributed by atoms with Crippen molar-refractivity contribution in [1.29, 1.82) is 0 Å². The maximum atomic E-state index is 11.6. The number of carbonyl (C=O) groups is 1. The Morgan fingerprint density at radius 2 is 2.00 bits per heavy atom. The monoisotopic (exact) mass is 464 g/mol. The summed E-state index contributed by atoms with van der Waals surface area (Å²) in [5.74, 6) is -0.579. The van der Waals surface area contributed by atoms with Gasteiger partial charge in [-0.1, -0.05) is 17.8 Å². The Labute approximate surface area is 181 Å². The van der Waals surface area contributed by atoms with Gasteiger partial charge >= 0.3 is 5.97 Å². The molecule has 0 amide bonds. The first kappa shape index (κ1) is 20.5. The third kappa shape index (κ3) is 4.09. The van der Waals surface area contributed by atoms with Gasteiger partial charge in [0.25, 0.3) is 11.4 Å². The van der Waals surface area contributed by atoms with Crippen molar-refractivity contribution in [3.8, 4) is 0 Å². The smallest absolute Gasteiger partial charge is 0.321 e. The molecule has 1 aliphatic heterocycles. The normalized spacial score (nSPS) is 18.5. The number of benzene rings is 2. The zero-order chi connectivity index (χ0) is 21.4. The Hall–Kier alpha value is -2.74. The molecular formula is C17H12N4O6S3. The number of hydrogen-bond acceptors (Lipinski definition) is 10. The Morgan fingerprint density at radius 1 is 1.20 bits per heavy atom. The number of thioether (sulfide) groups is 1. The van der Waals surface area contributed by atoms with Crippen LogP contribution in [0.5, 0.6) is 0 Å². The molecule has 0 saturated carbocycles. The van der Waals surface area contributed by atoms with Gasteiger partial charge in [-0.15, -0.1) is 23.1 Å². The Balaban J connectivity index is 1.61. The summed E-state index contributed by atoms with van der Waals surface area (Å²) in [5.41, 5.74) is 1.06. The van der Waals surface area contributed by atoms with Crippen LogP contribution < -0.4 is 5.32 Å². The van der Waals surface area contributed by atoms with Gasteiger partial charge in [0.2, 0.25) is 0 Å². The molecule has 2 heterocycles. The minimum absolute atomic E-state index is 0.0423. The molecule has 0 unspecified atom stereocenters. The van der Waals surface area contributed by atoms with Crippen LogP contribution in [0.1, 0.15) is 10.9 Å². The third-order valence-electron chi connectivity index (χ3n) is 4.32. The molecule has 0 bridgehead atoms. The second kappa shape index (κ2) is 8.18. The van der Waals surface area contributed by atoms with Crippen molar-refractivity contribution < 1.29 is 19.7 Å². The molecule has 1 aliphatic rings. The third-order valence-corrected chi connectivity index (χ3v) is 7.73. The van der Waals surface area contributed by atoms with Gasteiger partial charge in [-0.05, 0) is 17.7 Å². The van der Waals surface area contributed by atoms with Gasteiger partial charge < -0.3 is 5.11 Å². The number of rotatable bonds is 6. The molecule has 2 N–H and O–H groups in total. The van der Waals surface area contributed by atoms with Crippen LogP contribution in [0, 0.1) is 20.2 Å². The number of nitro groups is 2. The number of hydrogen-bond donors (Lipinski definition) is 2. The highest BCUT2D eigenvalue weighted by Crippen LogP contribution is 2.42. The Kier molecular flexibility index (Phi) is 5.60. The number of aromatic nitrogens is 1. The van der Waals surface area contributed by atoms with Gasteiger partial charge in [-0.25, -0.2) is 4.98 Å². The molecule has 1 aromatic heterocycles. The fourth-order valence-electron chi connectivity index (χ4n) is 2.88. The van der Waals surface area contributed by atoms with E-state index < -0.39 is 21.9 Å². The number of thiazole rings is 1. The van der Waals surface area contributed by atoms with Crippen LogP contribution in [0.4, 0.5) is 11.4 Å². The highest BCUT2D eigenvalue weighted by molar-refractivity contribution is 8.01. The minimum atomic E-state index is -0.956. The van der Waals surface area contributed by atoms with Crippen molar-refractivity contribution in [2.45, 2.75) is 20.7 Å². The predicted molar refractivity (Wildman–Crippen MR) is 113 cm³/mol. The van der Waals surface area contributed by atoms with E-state index in [1.807, 2.05) is 0 Å². The number of fused-ring (bicyclic) bond motifs is 1. The molecule has 30 heavy (non-hydrogen) atoms. The lowest BCUT2D eigenvalue weighted by molar-refractivity contribution is -0.387. The first-order valence-electron chi connectivity index (χ1n) is 8.43. The second-order valence-corrected chi connectivity index (χ2v) is 9.70. The Bertz CT molecular complexity index is 1180. The first-order chi connectivity index (χ1) is 14.3. The van der Waals surface area contributed by atoms with E-state index in [2.05, 4.69) is 10.3 Å². The van der Waals surface area contributed by atoms with Crippen molar-refractivity contribution >= 4 is 62.4 Å². The zero-order valence-corrected chi connectivity index (χ0v) is 17.3. The molecule has 154 valence electrons. The van der Waals surface area contributed by atoms with Crippen molar-refractivity contribution in [2.75, 3.05) is 5.75 Å². The molecule has 4 rings (SSSR count). The first-order valence-corrected chi connectivity index (χ1v) is 11.1. The van der Waals surface area contributed by atoms with Crippen molar-refractivity contribution in [3.63, 3.8) is 0 Å². The lowest BCUT2D eigenvalue weighted by Crippen LogP contribution is -2.33. The number of non-ortho nitro benzene ring substituents is 1. The minimum Gasteiger partial charge on any atom is -0.480 e. The number of aliphatic carboxylic acids is 1. The second-order valence-electron chi connectivity index (χ2n) is 6.25. The number of nitrogens with zero attached hydrogens (tertiary/aromatic N) is 3. The molecule has 10 nitrogen and oxygen atoms in total. The molecule has 1 saturated heterocycles. The fraction of sp³-hybridized carbons (Fsp3) is 0.176. The average molecular weight is 465 g/mol. The summed E-state index contributed by atoms with van der Waals surface area (Å²) in [6, 6.07) is 8.43. The maximum absolute atomic E-state index is 11.6. The SMILES string of the molecule is O=C(O)[C@H]1CS[C@@H](c2ccc(Sc3nc4ccc([N+](=O)[O-])cc4s3)c([N+](=O)[O-])c2)N1. The van der Waals surface area contributed by atoms with Crippen LogP contribution in [0.3, 0.4) is 0 Å². The van der Waals surface area contributed by atoms with Crippen LogP contribution in [0.2, 0.25) is 0 Å². The van der Waals surface area contributed by atoms with Gasteiger partial charge in [0.1, 0.15) is 6.04 Å². The lowest BCUT2D eigenvalue weighted by Gasteiger charge is -2.12. The number of carboxylic acid groups (broad SMARTS) is 1. The van der Waals surface area contributed by atoms with E-state index in [0.717, 1.165) is 11.8 Å². The summed E-state index contributed by atoms with van der Waals surface area (Å²) in [7, 11) is 0. The average Bonchev–Trinajstić information content (AvgIpc) is 3.34. The summed E-state index contributed by atoms with van der Waals surface area (Å²) in [6.45, 7) is 0. The highest BCUT2D eigenvalue weighted by Gasteiger charge is 2.31. The van der Waals surface area contributed by atoms with E-state index in [0.29, 0.717) is 30.8 Å². The lowest BCUT2D eigenvalue weighted by atomic mass is 10.2. The predicted octanol–water partition coefficient (Wildman–Crippen LogP) is 4.05. The molecule has 1 fully saturated rings. The van der Waals surface area contributed by atoms with E-state index >= 15 is 0 Å². The summed E-state index contributed by atoms with van der Waals surface area (Å²) in [4.78, 5) is 37.5. The Morgan fingerprint density at radius 3 is 2.67 bits per heavy atom. The molecule has 2 aromatic carbocycles. The summed E-state index contributed by atoms with van der Waals surface area (Å²) < 4.78 is 1.15. The molecule has 0 aliphatic carbocycles. The van der Waals surface area contributed by atoms with Crippen molar-refractivity contribution in [1.82, 2.24) is 10.3 Å². The van der Waals surface area contributed by atoms with E-state index in [-0.39, 0.29) is 16.7 Å². The van der Waals surface area contributed by atoms with Gasteiger partial charge in [0.15, 0.2) is 4.34 Å². The maximum Gasteiger partial charge on any atom is 0.321 e. The summed E-state index contributed by atoms with van der Waals surface area (Å²) in [6.07, 6.45) is 0. The molecule has 0 spiro atoms. The van der Waals surface area contributed by atoms with E-state index in [1.54, 1.807) is 18.2 Å². The number of carboxylic acids is 1. The quantitative estimate of drug-likeness (QED) is 0.404. The van der Waals surface area contributed by atoms with E-state index in [9.17, 15) is 25.0 Å². The number of nitro benzene ring substituents is 2. The number of nitrogens with one attached hydrogen (secondary N) is 1. The van der Waals surface area contributed by atoms with Crippen molar-refractivity contribution in [3.05, 3.63) is 62.2 Å². The van der Waals surface area contributed by atoms with Crippen LogP contribution in [-0.4, -0.2) is 37.7 Å². The topological polar surface area (TPSA) is 148 Å². The van der Waals surface area contributed by atoms with Gasteiger partial charge in [0, 0.05) is 24.0 Å². The zero-order valence-electron chi connectivity index (χ0n) is 14.9. The summed E-state index contributed by atoms with van der Waals surface area (Å²) >= 11 is 3.72. The van der Waals surface area contributed by atoms with Gasteiger partial charge in [-0.2, -0.15) is 0 Å².